The predicted octanol–water partition coefficient (Wildman–Crippen LogP) is 2.87. The van der Waals surface area contributed by atoms with Crippen LogP contribution in [-0.4, -0.2) is 63.1 Å². The Hall–Kier alpha value is -3.72. The number of aromatic nitrogens is 5. The van der Waals surface area contributed by atoms with Crippen molar-refractivity contribution < 1.29 is 9.53 Å². The molecule has 174 valence electrons. The van der Waals surface area contributed by atoms with Crippen molar-refractivity contribution >= 4 is 17.4 Å². The van der Waals surface area contributed by atoms with Crippen LogP contribution in [0.4, 0.5) is 5.82 Å². The fraction of sp³-hybridized carbons (Fsp3) is 0.360. The van der Waals surface area contributed by atoms with Crippen molar-refractivity contribution in [2.45, 2.75) is 19.8 Å². The summed E-state index contributed by atoms with van der Waals surface area (Å²) in [4.78, 5) is 19.7. The lowest BCUT2D eigenvalue weighted by Crippen LogP contribution is -2.37. The summed E-state index contributed by atoms with van der Waals surface area (Å²) in [7, 11) is 0. The number of anilines is 1. The fourth-order valence-electron chi connectivity index (χ4n) is 4.25. The van der Waals surface area contributed by atoms with E-state index in [-0.39, 0.29) is 5.91 Å². The van der Waals surface area contributed by atoms with Gasteiger partial charge in [0, 0.05) is 43.5 Å². The van der Waals surface area contributed by atoms with Crippen LogP contribution in [0.25, 0.3) is 22.7 Å². The van der Waals surface area contributed by atoms with Gasteiger partial charge in [0.15, 0.2) is 17.2 Å². The Morgan fingerprint density at radius 2 is 1.97 bits per heavy atom. The van der Waals surface area contributed by atoms with Crippen molar-refractivity contribution in [2.24, 2.45) is 5.92 Å². The van der Waals surface area contributed by atoms with Crippen molar-refractivity contribution in [1.29, 1.82) is 0 Å². The van der Waals surface area contributed by atoms with E-state index in [1.54, 1.807) is 15.3 Å². The van der Waals surface area contributed by atoms with Gasteiger partial charge in [0.2, 0.25) is 0 Å². The summed E-state index contributed by atoms with van der Waals surface area (Å²) in [6.45, 7) is 5.56. The third kappa shape index (κ3) is 4.14. The first kappa shape index (κ1) is 20.9. The Labute approximate surface area is 197 Å². The Balaban J connectivity index is 1.38. The van der Waals surface area contributed by atoms with Crippen LogP contribution < -0.4 is 10.2 Å². The summed E-state index contributed by atoms with van der Waals surface area (Å²) in [6.07, 6.45) is 4.29. The fourth-order valence-corrected chi connectivity index (χ4v) is 4.25. The van der Waals surface area contributed by atoms with Crippen LogP contribution in [0.5, 0.6) is 0 Å². The highest BCUT2D eigenvalue weighted by Gasteiger charge is 2.24. The van der Waals surface area contributed by atoms with Crippen LogP contribution in [0.2, 0.25) is 0 Å². The van der Waals surface area contributed by atoms with Gasteiger partial charge in [-0.1, -0.05) is 23.8 Å². The van der Waals surface area contributed by atoms with Crippen LogP contribution >= 0.6 is 0 Å². The molecule has 1 N–H and O–H groups in total. The minimum Gasteiger partial charge on any atom is -0.378 e. The number of nitrogens with one attached hydrogen (secondary N) is 1. The molecule has 4 heterocycles. The van der Waals surface area contributed by atoms with Crippen molar-refractivity contribution in [3.63, 3.8) is 0 Å². The minimum absolute atomic E-state index is 0.160. The van der Waals surface area contributed by atoms with Gasteiger partial charge in [-0.05, 0) is 37.8 Å². The summed E-state index contributed by atoms with van der Waals surface area (Å²) in [5.41, 5.74) is 4.12. The Morgan fingerprint density at radius 1 is 1.12 bits per heavy atom. The van der Waals surface area contributed by atoms with Crippen LogP contribution in [0.3, 0.4) is 0 Å². The third-order valence-corrected chi connectivity index (χ3v) is 6.35. The van der Waals surface area contributed by atoms with Crippen molar-refractivity contribution in [3.8, 4) is 17.1 Å². The molecule has 1 amide bonds. The number of nitrogens with zero attached hydrogens (tertiary/aromatic N) is 6. The van der Waals surface area contributed by atoms with Gasteiger partial charge >= 0.3 is 0 Å². The van der Waals surface area contributed by atoms with Gasteiger partial charge < -0.3 is 15.0 Å². The number of carbonyl (C=O) groups is 1. The second kappa shape index (κ2) is 8.57. The predicted molar refractivity (Wildman–Crippen MR) is 128 cm³/mol. The first-order chi connectivity index (χ1) is 16.6. The molecule has 1 aliphatic heterocycles. The van der Waals surface area contributed by atoms with E-state index in [4.69, 9.17) is 14.8 Å². The Kier molecular flexibility index (Phi) is 5.26. The second-order valence-corrected chi connectivity index (χ2v) is 9.04. The number of ether oxygens (including phenoxy) is 1. The van der Waals surface area contributed by atoms with Crippen molar-refractivity contribution in [3.05, 3.63) is 59.9 Å². The van der Waals surface area contributed by atoms with Gasteiger partial charge in [-0.2, -0.15) is 14.7 Å². The van der Waals surface area contributed by atoms with E-state index in [9.17, 15) is 4.79 Å². The van der Waals surface area contributed by atoms with E-state index in [1.165, 1.54) is 18.4 Å². The molecule has 0 atom stereocenters. The van der Waals surface area contributed by atoms with E-state index in [2.05, 4.69) is 40.4 Å². The smallest absolute Gasteiger partial charge is 0.271 e. The average molecular weight is 458 g/mol. The number of carbonyl (C=O) groups excluding carboxylic acids is 1. The first-order valence-corrected chi connectivity index (χ1v) is 11.8. The maximum Gasteiger partial charge on any atom is 0.271 e. The molecule has 3 aromatic heterocycles. The zero-order chi connectivity index (χ0) is 23.1. The number of fused-ring (bicyclic) bond motifs is 1. The molecule has 9 heteroatoms. The number of aryl methyl sites for hydroxylation is 1. The SMILES string of the molecule is Cc1cccc(-c2ccn(-c3cc(N4CCOCC4)n4nc(C(=O)NCC5CC5)cc4n3)n2)c1. The number of benzene rings is 1. The van der Waals surface area contributed by atoms with Crippen LogP contribution in [-0.2, 0) is 4.74 Å². The van der Waals surface area contributed by atoms with E-state index < -0.39 is 0 Å². The lowest BCUT2D eigenvalue weighted by atomic mass is 10.1. The highest BCUT2D eigenvalue weighted by Crippen LogP contribution is 2.28. The molecule has 0 bridgehead atoms. The zero-order valence-electron chi connectivity index (χ0n) is 19.1. The molecule has 1 aliphatic carbocycles. The lowest BCUT2D eigenvalue weighted by molar-refractivity contribution is 0.0946. The highest BCUT2D eigenvalue weighted by molar-refractivity contribution is 5.93. The van der Waals surface area contributed by atoms with Gasteiger partial charge in [-0.25, -0.2) is 9.67 Å². The molecule has 1 aromatic carbocycles. The number of morpholine rings is 1. The molecule has 9 nitrogen and oxygen atoms in total. The molecule has 2 fully saturated rings. The van der Waals surface area contributed by atoms with Crippen molar-refractivity contribution in [2.75, 3.05) is 37.7 Å². The van der Waals surface area contributed by atoms with Crippen molar-refractivity contribution in [1.82, 2.24) is 29.7 Å². The van der Waals surface area contributed by atoms with E-state index in [1.807, 2.05) is 24.4 Å². The topological polar surface area (TPSA) is 89.6 Å². The normalized spacial score (nSPS) is 16.2. The quantitative estimate of drug-likeness (QED) is 0.479. The number of rotatable bonds is 6. The molecule has 2 aliphatic rings. The van der Waals surface area contributed by atoms with Gasteiger partial charge in [-0.15, -0.1) is 0 Å². The Morgan fingerprint density at radius 3 is 2.76 bits per heavy atom. The summed E-state index contributed by atoms with van der Waals surface area (Å²) in [5.74, 6) is 2.00. The van der Waals surface area contributed by atoms with Crippen LogP contribution in [0.15, 0.2) is 48.7 Å². The number of hydrogen-bond donors (Lipinski definition) is 1. The monoisotopic (exact) mass is 457 g/mol. The summed E-state index contributed by atoms with van der Waals surface area (Å²) >= 11 is 0. The summed E-state index contributed by atoms with van der Waals surface area (Å²) in [5, 5.41) is 12.4. The number of amides is 1. The standard InChI is InChI=1S/C25H27N7O2/c1-17-3-2-4-19(13-17)20-7-8-31(28-20)22-15-24(30-9-11-34-12-10-30)32-23(27-22)14-21(29-32)25(33)26-16-18-5-6-18/h2-4,7-8,13-15,18H,5-6,9-12,16H2,1H3,(H,26,33). The number of hydrogen-bond acceptors (Lipinski definition) is 6. The van der Waals surface area contributed by atoms with Crippen LogP contribution in [0.1, 0.15) is 28.9 Å². The minimum atomic E-state index is -0.160. The van der Waals surface area contributed by atoms with Gasteiger partial charge in [0.25, 0.3) is 5.91 Å². The van der Waals surface area contributed by atoms with Crippen LogP contribution in [0, 0.1) is 12.8 Å². The van der Waals surface area contributed by atoms with Gasteiger partial charge in [-0.3, -0.25) is 4.79 Å². The van der Waals surface area contributed by atoms with Gasteiger partial charge in [0.1, 0.15) is 5.82 Å². The molecular formula is C25H27N7O2. The molecule has 0 spiro atoms. The zero-order valence-corrected chi connectivity index (χ0v) is 19.1. The van der Waals surface area contributed by atoms with E-state index >= 15 is 0 Å². The first-order valence-electron chi connectivity index (χ1n) is 11.8. The second-order valence-electron chi connectivity index (χ2n) is 9.04. The molecular weight excluding hydrogens is 430 g/mol. The average Bonchev–Trinajstić information content (AvgIpc) is 3.37. The largest absolute Gasteiger partial charge is 0.378 e. The lowest BCUT2D eigenvalue weighted by Gasteiger charge is -2.29. The molecule has 1 saturated carbocycles. The maximum atomic E-state index is 12.7. The molecule has 0 radical (unpaired) electrons. The maximum absolute atomic E-state index is 12.7. The van der Waals surface area contributed by atoms with E-state index in [0.717, 1.165) is 30.2 Å². The molecule has 1 saturated heterocycles. The third-order valence-electron chi connectivity index (χ3n) is 6.35. The molecule has 6 rings (SSSR count). The molecule has 4 aromatic rings. The highest BCUT2D eigenvalue weighted by atomic mass is 16.5. The van der Waals surface area contributed by atoms with Gasteiger partial charge in [0.05, 0.1) is 18.9 Å². The molecule has 0 unspecified atom stereocenters. The Bertz CT molecular complexity index is 1350. The summed E-state index contributed by atoms with van der Waals surface area (Å²) < 4.78 is 9.08. The summed E-state index contributed by atoms with van der Waals surface area (Å²) in [6, 6.07) is 14.0. The molecule has 34 heavy (non-hydrogen) atoms. The van der Waals surface area contributed by atoms with E-state index in [0.29, 0.717) is 42.8 Å².